The van der Waals surface area contributed by atoms with Gasteiger partial charge < -0.3 is 18.9 Å². The van der Waals surface area contributed by atoms with Gasteiger partial charge in [0.2, 0.25) is 0 Å². The number of unbranched alkanes of at least 4 members (excludes halogenated alkanes) is 15. The van der Waals surface area contributed by atoms with Crippen molar-refractivity contribution in [3.05, 3.63) is 61.3 Å². The van der Waals surface area contributed by atoms with Crippen molar-refractivity contribution in [2.75, 3.05) is 47.5 Å². The van der Waals surface area contributed by atoms with E-state index in [0.29, 0.717) is 17.4 Å². The van der Waals surface area contributed by atoms with E-state index in [4.69, 9.17) is 18.5 Å². The first kappa shape index (κ1) is 51.7. The number of hydrogen-bond acceptors (Lipinski definition) is 7. The number of hydrogen-bond donors (Lipinski definition) is 1. The van der Waals surface area contributed by atoms with E-state index in [-0.39, 0.29) is 32.0 Å². The largest absolute Gasteiger partial charge is 0.472 e. The topological polar surface area (TPSA) is 108 Å². The predicted octanol–water partition coefficient (Wildman–Crippen LogP) is 11.7. The number of likely N-dealkylation sites (N-methyl/N-ethyl adjacent to an activating group) is 1. The second kappa shape index (κ2) is 36.4. The summed E-state index contributed by atoms with van der Waals surface area (Å²) in [5.74, 6) is -0.854. The van der Waals surface area contributed by atoms with Gasteiger partial charge in [0, 0.05) is 12.8 Å². The first-order valence-electron chi connectivity index (χ1n) is 21.0. The smallest absolute Gasteiger partial charge is 0.462 e. The molecule has 0 aliphatic carbocycles. The van der Waals surface area contributed by atoms with Crippen LogP contribution in [-0.4, -0.2) is 74.9 Å². The Kier molecular flexibility index (Phi) is 34.8. The highest BCUT2D eigenvalue weighted by Gasteiger charge is 2.27. The summed E-state index contributed by atoms with van der Waals surface area (Å²) in [5, 5.41) is 0. The lowest BCUT2D eigenvalue weighted by atomic mass is 10.0. The van der Waals surface area contributed by atoms with E-state index >= 15 is 0 Å². The maximum atomic E-state index is 12.6. The van der Waals surface area contributed by atoms with Crippen molar-refractivity contribution in [2.24, 2.45) is 0 Å². The van der Waals surface area contributed by atoms with Crippen molar-refractivity contribution in [3.63, 3.8) is 0 Å². The summed E-state index contributed by atoms with van der Waals surface area (Å²) < 4.78 is 34.2. The number of carbonyl (C=O) groups is 2. The van der Waals surface area contributed by atoms with E-state index in [1.807, 2.05) is 27.2 Å². The number of esters is 2. The van der Waals surface area contributed by atoms with Crippen LogP contribution < -0.4 is 0 Å². The molecule has 0 aromatic heterocycles. The van der Waals surface area contributed by atoms with E-state index in [1.54, 1.807) is 0 Å². The molecule has 1 N–H and O–H groups in total. The Morgan fingerprint density at radius 2 is 1.09 bits per heavy atom. The lowest BCUT2D eigenvalue weighted by Crippen LogP contribution is -2.37. The normalized spacial score (nSPS) is 14.0. The third-order valence-corrected chi connectivity index (χ3v) is 9.66. The SMILES string of the molecule is C=CCCCCCCCCCCCCCCCC(=O)OC[C@H](COP(=O)(O)OCC[N+](C)(C)C)OC(=O)CCCC/C=C/C/C=C/C/C=C/C/C=C/CC. The minimum atomic E-state index is -4.39. The number of ether oxygens (including phenoxy) is 2. The van der Waals surface area contributed by atoms with Gasteiger partial charge in [-0.1, -0.05) is 132 Å². The lowest BCUT2D eigenvalue weighted by Gasteiger charge is -2.24. The van der Waals surface area contributed by atoms with Gasteiger partial charge >= 0.3 is 19.8 Å². The van der Waals surface area contributed by atoms with Gasteiger partial charge in [0.25, 0.3) is 0 Å². The van der Waals surface area contributed by atoms with E-state index in [1.165, 1.54) is 64.2 Å². The highest BCUT2D eigenvalue weighted by atomic mass is 31.2. The van der Waals surface area contributed by atoms with Gasteiger partial charge in [-0.15, -0.1) is 6.58 Å². The zero-order chi connectivity index (χ0) is 40.0. The highest BCUT2D eigenvalue weighted by molar-refractivity contribution is 7.47. The molecule has 0 aromatic carbocycles. The molecule has 0 bridgehead atoms. The van der Waals surface area contributed by atoms with Crippen molar-refractivity contribution >= 4 is 19.8 Å². The number of rotatable bonds is 38. The molecule has 1 unspecified atom stereocenters. The van der Waals surface area contributed by atoms with Crippen LogP contribution in [0.2, 0.25) is 0 Å². The summed E-state index contributed by atoms with van der Waals surface area (Å²) in [4.78, 5) is 35.3. The Labute approximate surface area is 330 Å². The summed E-state index contributed by atoms with van der Waals surface area (Å²) in [6.45, 7) is 5.76. The molecular formula is C44H79NO8P+. The van der Waals surface area contributed by atoms with Crippen LogP contribution in [0.1, 0.15) is 155 Å². The average molecular weight is 781 g/mol. The third kappa shape index (κ3) is 39.4. The van der Waals surface area contributed by atoms with Crippen LogP contribution in [0.15, 0.2) is 61.3 Å². The molecule has 0 aliphatic heterocycles. The Hall–Kier alpha value is -2.29. The summed E-state index contributed by atoms with van der Waals surface area (Å²) in [6, 6.07) is 0. The molecule has 10 heteroatoms. The second-order valence-electron chi connectivity index (χ2n) is 15.1. The molecule has 0 amide bonds. The van der Waals surface area contributed by atoms with Gasteiger partial charge in [-0.25, -0.2) is 4.57 Å². The Bertz CT molecular complexity index is 1090. The van der Waals surface area contributed by atoms with Crippen molar-refractivity contribution in [1.29, 1.82) is 0 Å². The highest BCUT2D eigenvalue weighted by Crippen LogP contribution is 2.43. The van der Waals surface area contributed by atoms with Crippen LogP contribution in [0.25, 0.3) is 0 Å². The van der Waals surface area contributed by atoms with Crippen molar-refractivity contribution in [3.8, 4) is 0 Å². The molecule has 0 aliphatic rings. The summed E-state index contributed by atoms with van der Waals surface area (Å²) in [7, 11) is 1.44. The minimum absolute atomic E-state index is 0.0208. The molecule has 0 radical (unpaired) electrons. The fourth-order valence-corrected chi connectivity index (χ4v) is 6.14. The molecule has 0 saturated heterocycles. The number of nitrogens with zero attached hydrogens (tertiary/aromatic N) is 1. The molecule has 0 heterocycles. The molecule has 0 spiro atoms. The van der Waals surface area contributed by atoms with Gasteiger partial charge in [-0.05, 0) is 64.2 Å². The molecule has 0 saturated carbocycles. The summed E-state index contributed by atoms with van der Waals surface area (Å²) in [5.41, 5.74) is 0. The monoisotopic (exact) mass is 781 g/mol. The number of allylic oxidation sites excluding steroid dienone is 9. The average Bonchev–Trinajstić information content (AvgIpc) is 3.12. The van der Waals surface area contributed by atoms with Gasteiger partial charge in [0.1, 0.15) is 19.8 Å². The molecule has 9 nitrogen and oxygen atoms in total. The number of phosphoric acid groups is 1. The maximum Gasteiger partial charge on any atom is 0.472 e. The maximum absolute atomic E-state index is 12.6. The van der Waals surface area contributed by atoms with Crippen LogP contribution in [-0.2, 0) is 32.7 Å². The van der Waals surface area contributed by atoms with Gasteiger partial charge in [0.05, 0.1) is 27.7 Å². The van der Waals surface area contributed by atoms with Crippen LogP contribution in [0.3, 0.4) is 0 Å². The van der Waals surface area contributed by atoms with Gasteiger partial charge in [-0.2, -0.15) is 0 Å². The Morgan fingerprint density at radius 1 is 0.630 bits per heavy atom. The molecular weight excluding hydrogens is 701 g/mol. The number of phosphoric ester groups is 1. The van der Waals surface area contributed by atoms with Crippen LogP contribution in [0.4, 0.5) is 0 Å². The number of carbonyl (C=O) groups excluding carboxylic acids is 2. The quantitative estimate of drug-likeness (QED) is 0.0217. The molecule has 2 atom stereocenters. The fourth-order valence-electron chi connectivity index (χ4n) is 5.40. The van der Waals surface area contributed by atoms with Gasteiger partial charge in [-0.3, -0.25) is 18.6 Å². The van der Waals surface area contributed by atoms with E-state index in [2.05, 4.69) is 62.1 Å². The molecule has 0 rings (SSSR count). The Balaban J connectivity index is 4.44. The zero-order valence-electron chi connectivity index (χ0n) is 34.8. The summed E-state index contributed by atoms with van der Waals surface area (Å²) in [6.07, 6.45) is 41.6. The van der Waals surface area contributed by atoms with Crippen molar-refractivity contribution in [1.82, 2.24) is 0 Å². The molecule has 0 aromatic rings. The fraction of sp³-hybridized carbons (Fsp3) is 0.727. The van der Waals surface area contributed by atoms with E-state index in [9.17, 15) is 19.0 Å². The van der Waals surface area contributed by atoms with Crippen LogP contribution >= 0.6 is 7.82 Å². The van der Waals surface area contributed by atoms with Crippen LogP contribution in [0, 0.1) is 0 Å². The summed E-state index contributed by atoms with van der Waals surface area (Å²) >= 11 is 0. The Morgan fingerprint density at radius 3 is 1.63 bits per heavy atom. The first-order valence-corrected chi connectivity index (χ1v) is 22.5. The second-order valence-corrected chi connectivity index (χ2v) is 16.5. The van der Waals surface area contributed by atoms with Crippen molar-refractivity contribution in [2.45, 2.75) is 161 Å². The molecule has 54 heavy (non-hydrogen) atoms. The van der Waals surface area contributed by atoms with E-state index in [0.717, 1.165) is 64.2 Å². The molecule has 312 valence electrons. The van der Waals surface area contributed by atoms with Gasteiger partial charge in [0.15, 0.2) is 6.10 Å². The van der Waals surface area contributed by atoms with Crippen LogP contribution in [0.5, 0.6) is 0 Å². The van der Waals surface area contributed by atoms with E-state index < -0.39 is 26.5 Å². The number of quaternary nitrogens is 1. The standard InChI is InChI=1S/C44H78NO8P/c1-6-8-10-12-14-16-18-20-22-24-26-28-30-32-34-36-43(46)50-40-42(41-52-54(48,49)51-39-38-45(3,4)5)53-44(47)37-35-33-31-29-27-25-23-21-19-17-15-13-11-9-7-2/h6,9,11,15,17,21,23,27,29,42H,1,7-8,10,12-14,16,18-20,22,24-26,28,30-41H2,2-5H3/p+1/b11-9+,17-15+,23-21+,29-27+/t42-/m1/s1. The van der Waals surface area contributed by atoms with Crippen molar-refractivity contribution < 1.29 is 42.1 Å². The first-order chi connectivity index (χ1) is 26.0. The minimum Gasteiger partial charge on any atom is -0.462 e. The predicted molar refractivity (Wildman–Crippen MR) is 224 cm³/mol. The third-order valence-electron chi connectivity index (χ3n) is 8.68. The zero-order valence-corrected chi connectivity index (χ0v) is 35.7. The molecule has 0 fully saturated rings. The lowest BCUT2D eigenvalue weighted by molar-refractivity contribution is -0.870.